The monoisotopic (exact) mass is 559 g/mol. The van der Waals surface area contributed by atoms with Crippen molar-refractivity contribution in [2.45, 2.75) is 76.9 Å². The summed E-state index contributed by atoms with van der Waals surface area (Å²) in [6.45, 7) is 8.59. The van der Waals surface area contributed by atoms with Gasteiger partial charge in [0.2, 0.25) is 0 Å². The summed E-state index contributed by atoms with van der Waals surface area (Å²) in [5, 5.41) is 3.49. The minimum Gasteiger partial charge on any atom is -0.465 e. The van der Waals surface area contributed by atoms with Gasteiger partial charge in [-0.2, -0.15) is 0 Å². The average Bonchev–Trinajstić information content (AvgIpc) is 3.59. The fourth-order valence-corrected chi connectivity index (χ4v) is 5.58. The molecule has 10 nitrogen and oxygen atoms in total. The van der Waals surface area contributed by atoms with Gasteiger partial charge in [0, 0.05) is 31.0 Å². The van der Waals surface area contributed by atoms with Crippen molar-refractivity contribution in [2.75, 3.05) is 39.6 Å². The molecule has 0 radical (unpaired) electrons. The maximum Gasteiger partial charge on any atom is 0.335 e. The molecule has 2 spiro atoms. The predicted molar refractivity (Wildman–Crippen MR) is 144 cm³/mol. The number of carbonyl (C=O) groups excluding carboxylic acids is 3. The Bertz CT molecular complexity index is 1060. The Morgan fingerprint density at radius 2 is 1.52 bits per heavy atom. The Kier molecular flexibility index (Phi) is 10.3. The SMILES string of the molecule is CCOC(=O)C1=C(N[C@H](C)c2ccccc2)CC2(CC1)OCCO2.CCOC(=O)C1CCC2(CC1=O)OCCO2. The van der Waals surface area contributed by atoms with Gasteiger partial charge < -0.3 is 33.7 Å². The molecule has 2 heterocycles. The molecule has 220 valence electrons. The molecule has 0 amide bonds. The van der Waals surface area contributed by atoms with Crippen LogP contribution in [0.3, 0.4) is 0 Å². The van der Waals surface area contributed by atoms with E-state index in [0.29, 0.717) is 77.3 Å². The van der Waals surface area contributed by atoms with E-state index in [9.17, 15) is 14.4 Å². The Labute approximate surface area is 235 Å². The van der Waals surface area contributed by atoms with Gasteiger partial charge in [0.1, 0.15) is 5.92 Å². The molecule has 0 aromatic heterocycles. The molecule has 2 aliphatic heterocycles. The number of hydrogen-bond acceptors (Lipinski definition) is 10. The lowest BCUT2D eigenvalue weighted by Gasteiger charge is -2.35. The molecule has 1 aromatic carbocycles. The number of ketones is 1. The largest absolute Gasteiger partial charge is 0.465 e. The molecule has 4 aliphatic rings. The molecular formula is C30H41NO9. The van der Waals surface area contributed by atoms with E-state index in [1.165, 1.54) is 5.56 Å². The number of nitrogens with one attached hydrogen (secondary N) is 1. The quantitative estimate of drug-likeness (QED) is 0.391. The van der Waals surface area contributed by atoms with Crippen LogP contribution < -0.4 is 5.32 Å². The van der Waals surface area contributed by atoms with E-state index >= 15 is 0 Å². The van der Waals surface area contributed by atoms with Crippen LogP contribution in [0.25, 0.3) is 0 Å². The normalized spacial score (nSPS) is 23.9. The summed E-state index contributed by atoms with van der Waals surface area (Å²) < 4.78 is 32.7. The molecule has 3 fully saturated rings. The molecule has 1 aromatic rings. The van der Waals surface area contributed by atoms with Crippen LogP contribution in [-0.2, 0) is 42.8 Å². The second-order valence-electron chi connectivity index (χ2n) is 10.3. The molecule has 1 unspecified atom stereocenters. The summed E-state index contributed by atoms with van der Waals surface area (Å²) in [6, 6.07) is 10.3. The Hall–Kier alpha value is -2.79. The van der Waals surface area contributed by atoms with Gasteiger partial charge in [-0.05, 0) is 39.2 Å². The Balaban J connectivity index is 0.000000201. The second kappa shape index (κ2) is 13.7. The van der Waals surface area contributed by atoms with E-state index in [1.54, 1.807) is 6.92 Å². The van der Waals surface area contributed by atoms with Crippen molar-refractivity contribution in [1.82, 2.24) is 5.32 Å². The number of carbonyl (C=O) groups is 3. The smallest absolute Gasteiger partial charge is 0.335 e. The van der Waals surface area contributed by atoms with Crippen LogP contribution in [0.2, 0.25) is 0 Å². The molecule has 1 saturated carbocycles. The van der Waals surface area contributed by atoms with E-state index in [1.807, 2.05) is 25.1 Å². The summed E-state index contributed by atoms with van der Waals surface area (Å²) >= 11 is 0. The van der Waals surface area contributed by atoms with Crippen LogP contribution in [0.15, 0.2) is 41.6 Å². The highest BCUT2D eigenvalue weighted by Crippen LogP contribution is 2.39. The van der Waals surface area contributed by atoms with Crippen LogP contribution in [-0.4, -0.2) is 68.9 Å². The van der Waals surface area contributed by atoms with Crippen LogP contribution in [0.4, 0.5) is 0 Å². The fraction of sp³-hybridized carbons (Fsp3) is 0.633. The minimum absolute atomic E-state index is 0.0854. The van der Waals surface area contributed by atoms with Gasteiger partial charge in [0.25, 0.3) is 0 Å². The number of hydrogen-bond donors (Lipinski definition) is 1. The van der Waals surface area contributed by atoms with Crippen LogP contribution >= 0.6 is 0 Å². The summed E-state index contributed by atoms with van der Waals surface area (Å²) in [7, 11) is 0. The lowest BCUT2D eigenvalue weighted by molar-refractivity contribution is -0.189. The zero-order valence-corrected chi connectivity index (χ0v) is 23.7. The van der Waals surface area contributed by atoms with Gasteiger partial charge in [0.05, 0.1) is 51.6 Å². The maximum absolute atomic E-state index is 12.3. The third-order valence-corrected chi connectivity index (χ3v) is 7.62. The molecule has 5 rings (SSSR count). The Morgan fingerprint density at radius 3 is 2.10 bits per heavy atom. The zero-order chi connectivity index (χ0) is 28.6. The van der Waals surface area contributed by atoms with Crippen LogP contribution in [0.5, 0.6) is 0 Å². The van der Waals surface area contributed by atoms with E-state index in [-0.39, 0.29) is 24.2 Å². The van der Waals surface area contributed by atoms with E-state index in [0.717, 1.165) is 5.70 Å². The number of benzene rings is 1. The molecule has 2 saturated heterocycles. The molecule has 40 heavy (non-hydrogen) atoms. The fourth-order valence-electron chi connectivity index (χ4n) is 5.58. The third kappa shape index (κ3) is 7.28. The van der Waals surface area contributed by atoms with E-state index in [4.69, 9.17) is 28.4 Å². The van der Waals surface area contributed by atoms with Crippen LogP contribution in [0, 0.1) is 5.92 Å². The van der Waals surface area contributed by atoms with Crippen molar-refractivity contribution in [3.05, 3.63) is 47.2 Å². The number of ether oxygens (including phenoxy) is 6. The average molecular weight is 560 g/mol. The predicted octanol–water partition coefficient (Wildman–Crippen LogP) is 3.74. The van der Waals surface area contributed by atoms with Gasteiger partial charge in [-0.25, -0.2) is 4.79 Å². The summed E-state index contributed by atoms with van der Waals surface area (Å²) in [5.74, 6) is -2.76. The van der Waals surface area contributed by atoms with Gasteiger partial charge in [-0.15, -0.1) is 0 Å². The maximum atomic E-state index is 12.3. The first kappa shape index (κ1) is 30.2. The third-order valence-electron chi connectivity index (χ3n) is 7.62. The standard InChI is InChI=1S/C19H25NO4.C11H16O5/c1-3-22-18(21)16-9-10-19(23-11-12-24-19)13-17(16)20-14(2)15-7-5-4-6-8-15;1-2-14-10(13)8-3-4-11(7-9(8)12)15-5-6-16-11/h4-8,14,20H,3,9-13H2,1-2H3;8H,2-7H2,1H3/t14-;/m1./s1. The van der Waals surface area contributed by atoms with Crippen molar-refractivity contribution < 1.29 is 42.8 Å². The first-order valence-electron chi connectivity index (χ1n) is 14.3. The van der Waals surface area contributed by atoms with Crippen molar-refractivity contribution >= 4 is 17.7 Å². The van der Waals surface area contributed by atoms with E-state index < -0.39 is 23.5 Å². The van der Waals surface area contributed by atoms with Crippen molar-refractivity contribution in [2.24, 2.45) is 5.92 Å². The molecular weight excluding hydrogens is 518 g/mol. The van der Waals surface area contributed by atoms with Gasteiger partial charge in [-0.1, -0.05) is 30.3 Å². The summed E-state index contributed by atoms with van der Waals surface area (Å²) in [4.78, 5) is 35.6. The highest BCUT2D eigenvalue weighted by atomic mass is 16.7. The summed E-state index contributed by atoms with van der Waals surface area (Å²) in [5.41, 5.74) is 2.75. The molecule has 10 heteroatoms. The highest BCUT2D eigenvalue weighted by molar-refractivity contribution is 5.99. The number of Topliss-reactive ketones (excluding diaryl/α,β-unsaturated/α-hetero) is 1. The lowest BCUT2D eigenvalue weighted by Crippen LogP contribution is -2.43. The molecule has 2 atom stereocenters. The Morgan fingerprint density at radius 1 is 0.925 bits per heavy atom. The first-order valence-corrected chi connectivity index (χ1v) is 14.3. The first-order chi connectivity index (χ1) is 19.3. The zero-order valence-electron chi connectivity index (χ0n) is 23.7. The van der Waals surface area contributed by atoms with E-state index in [2.05, 4.69) is 24.4 Å². The van der Waals surface area contributed by atoms with Gasteiger partial charge >= 0.3 is 11.9 Å². The van der Waals surface area contributed by atoms with Gasteiger partial charge in [0.15, 0.2) is 17.4 Å². The number of rotatable bonds is 7. The van der Waals surface area contributed by atoms with Gasteiger partial charge in [-0.3, -0.25) is 9.59 Å². The molecule has 0 bridgehead atoms. The van der Waals surface area contributed by atoms with Crippen molar-refractivity contribution in [3.8, 4) is 0 Å². The van der Waals surface area contributed by atoms with Crippen LogP contribution in [0.1, 0.15) is 70.9 Å². The second-order valence-corrected chi connectivity index (χ2v) is 10.3. The molecule has 1 N–H and O–H groups in total. The summed E-state index contributed by atoms with van der Waals surface area (Å²) in [6.07, 6.45) is 3.05. The van der Waals surface area contributed by atoms with Crippen molar-refractivity contribution in [1.29, 1.82) is 0 Å². The highest BCUT2D eigenvalue weighted by Gasteiger charge is 2.47. The van der Waals surface area contributed by atoms with Crippen molar-refractivity contribution in [3.63, 3.8) is 0 Å². The number of esters is 2. The lowest BCUT2D eigenvalue weighted by atomic mass is 9.84. The minimum atomic E-state index is -0.750. The topological polar surface area (TPSA) is 119 Å². The molecule has 2 aliphatic carbocycles.